The number of halogens is 2. The van der Waals surface area contributed by atoms with Crippen LogP contribution in [0.4, 0.5) is 0 Å². The average molecular weight is 312 g/mol. The molecule has 0 radical (unpaired) electrons. The van der Waals surface area contributed by atoms with Crippen LogP contribution in [0.25, 0.3) is 0 Å². The molecular formula is C15H13Cl2O3-. The van der Waals surface area contributed by atoms with Crippen molar-refractivity contribution in [3.8, 4) is 0 Å². The minimum atomic E-state index is -1.18. The molecule has 0 N–H and O–H groups in total. The van der Waals surface area contributed by atoms with Gasteiger partial charge in [-0.15, -0.1) is 0 Å². The van der Waals surface area contributed by atoms with Gasteiger partial charge in [0.2, 0.25) is 0 Å². The molecule has 2 unspecified atom stereocenters. The average Bonchev–Trinajstić information content (AvgIpc) is 2.86. The van der Waals surface area contributed by atoms with E-state index in [0.29, 0.717) is 17.4 Å². The second kappa shape index (κ2) is 4.90. The number of aldehydes is 1. The van der Waals surface area contributed by atoms with Gasteiger partial charge in [-0.05, 0) is 17.1 Å². The second-order valence-electron chi connectivity index (χ2n) is 5.49. The Labute approximate surface area is 127 Å². The molecule has 1 saturated carbocycles. The minimum Gasteiger partial charge on any atom is -0.549 e. The molecule has 1 fully saturated rings. The molecule has 0 saturated heterocycles. The van der Waals surface area contributed by atoms with Gasteiger partial charge in [-0.1, -0.05) is 61.3 Å². The van der Waals surface area contributed by atoms with Crippen LogP contribution in [-0.2, 0) is 10.2 Å². The zero-order valence-corrected chi connectivity index (χ0v) is 12.5. The van der Waals surface area contributed by atoms with E-state index < -0.39 is 16.8 Å². The molecule has 0 amide bonds. The summed E-state index contributed by atoms with van der Waals surface area (Å²) in [4.78, 5) is 22.4. The first kappa shape index (κ1) is 15.1. The highest BCUT2D eigenvalue weighted by atomic mass is 35.5. The van der Waals surface area contributed by atoms with Gasteiger partial charge >= 0.3 is 0 Å². The Bertz CT molecular complexity index is 586. The summed E-state index contributed by atoms with van der Waals surface area (Å²) in [6.45, 7) is 3.66. The van der Waals surface area contributed by atoms with Gasteiger partial charge in [-0.2, -0.15) is 0 Å². The van der Waals surface area contributed by atoms with E-state index in [1.54, 1.807) is 24.3 Å². The van der Waals surface area contributed by atoms with Crippen LogP contribution >= 0.6 is 23.2 Å². The molecule has 20 heavy (non-hydrogen) atoms. The first-order chi connectivity index (χ1) is 9.28. The van der Waals surface area contributed by atoms with Crippen molar-refractivity contribution in [1.82, 2.24) is 0 Å². The maximum absolute atomic E-state index is 11.7. The summed E-state index contributed by atoms with van der Waals surface area (Å²) in [6.07, 6.45) is 2.24. The third-order valence-corrected chi connectivity index (χ3v) is 4.55. The summed E-state index contributed by atoms with van der Waals surface area (Å²) in [5.41, 5.74) is -0.667. The van der Waals surface area contributed by atoms with E-state index in [0.717, 1.165) is 0 Å². The maximum atomic E-state index is 11.7. The number of hydrogen-bond acceptors (Lipinski definition) is 3. The SMILES string of the molecule is CC1(C)C(C=C(Cl)Cl)C1(C(=O)[O-])c1ccc(C=O)cc1. The fourth-order valence-electron chi connectivity index (χ4n) is 3.15. The lowest BCUT2D eigenvalue weighted by Gasteiger charge is -2.22. The van der Waals surface area contributed by atoms with E-state index in [1.807, 2.05) is 13.8 Å². The number of allylic oxidation sites excluding steroid dienone is 1. The molecule has 0 heterocycles. The van der Waals surface area contributed by atoms with Crippen LogP contribution in [0.15, 0.2) is 34.8 Å². The summed E-state index contributed by atoms with van der Waals surface area (Å²) in [7, 11) is 0. The summed E-state index contributed by atoms with van der Waals surface area (Å²) >= 11 is 11.3. The van der Waals surface area contributed by atoms with Gasteiger partial charge in [0.15, 0.2) is 0 Å². The molecule has 0 bridgehead atoms. The van der Waals surface area contributed by atoms with Crippen LogP contribution in [-0.4, -0.2) is 12.3 Å². The number of hydrogen-bond donors (Lipinski definition) is 0. The predicted molar refractivity (Wildman–Crippen MR) is 75.6 cm³/mol. The lowest BCUT2D eigenvalue weighted by Crippen LogP contribution is -2.39. The quantitative estimate of drug-likeness (QED) is 0.803. The van der Waals surface area contributed by atoms with Crippen LogP contribution in [0.2, 0.25) is 0 Å². The Kier molecular flexibility index (Phi) is 3.69. The third kappa shape index (κ3) is 1.97. The molecule has 106 valence electrons. The molecule has 0 spiro atoms. The predicted octanol–water partition coefficient (Wildman–Crippen LogP) is 2.46. The summed E-state index contributed by atoms with van der Waals surface area (Å²) in [5, 5.41) is 11.7. The van der Waals surface area contributed by atoms with Crippen molar-refractivity contribution in [2.75, 3.05) is 0 Å². The number of rotatable bonds is 4. The highest BCUT2D eigenvalue weighted by Gasteiger charge is 2.71. The number of aliphatic carboxylic acids is 1. The summed E-state index contributed by atoms with van der Waals surface area (Å²) in [5.74, 6) is -1.52. The Morgan fingerprint density at radius 3 is 2.20 bits per heavy atom. The highest BCUT2D eigenvalue weighted by Crippen LogP contribution is 2.70. The number of carboxylic acid groups (broad SMARTS) is 1. The maximum Gasteiger partial charge on any atom is 0.150 e. The first-order valence-electron chi connectivity index (χ1n) is 6.08. The number of benzene rings is 1. The Morgan fingerprint density at radius 2 is 1.80 bits per heavy atom. The van der Waals surface area contributed by atoms with E-state index in [-0.39, 0.29) is 10.4 Å². The molecule has 1 aromatic carbocycles. The Balaban J connectivity index is 2.54. The molecule has 1 aliphatic carbocycles. The Morgan fingerprint density at radius 1 is 1.25 bits per heavy atom. The van der Waals surface area contributed by atoms with E-state index in [2.05, 4.69) is 0 Å². The summed E-state index contributed by atoms with van der Waals surface area (Å²) in [6, 6.07) is 6.45. The topological polar surface area (TPSA) is 57.2 Å². The zero-order chi connectivity index (χ0) is 15.1. The number of carbonyl (C=O) groups excluding carboxylic acids is 2. The second-order valence-corrected chi connectivity index (χ2v) is 6.50. The van der Waals surface area contributed by atoms with Crippen LogP contribution in [0.5, 0.6) is 0 Å². The number of carbonyl (C=O) groups is 2. The van der Waals surface area contributed by atoms with Crippen molar-refractivity contribution in [2.45, 2.75) is 19.3 Å². The zero-order valence-electron chi connectivity index (χ0n) is 11.0. The minimum absolute atomic E-state index is 0.0377. The first-order valence-corrected chi connectivity index (χ1v) is 6.84. The van der Waals surface area contributed by atoms with E-state index in [4.69, 9.17) is 23.2 Å². The molecule has 5 heteroatoms. The molecule has 2 rings (SSSR count). The van der Waals surface area contributed by atoms with E-state index in [1.165, 1.54) is 6.08 Å². The van der Waals surface area contributed by atoms with Crippen molar-refractivity contribution in [1.29, 1.82) is 0 Å². The van der Waals surface area contributed by atoms with Crippen LogP contribution in [0.1, 0.15) is 29.8 Å². The van der Waals surface area contributed by atoms with Crippen molar-refractivity contribution >= 4 is 35.5 Å². The molecule has 1 aliphatic rings. The third-order valence-electron chi connectivity index (χ3n) is 4.29. The largest absolute Gasteiger partial charge is 0.549 e. The van der Waals surface area contributed by atoms with Gasteiger partial charge in [-0.25, -0.2) is 0 Å². The van der Waals surface area contributed by atoms with Crippen molar-refractivity contribution in [3.05, 3.63) is 46.0 Å². The van der Waals surface area contributed by atoms with Crippen LogP contribution in [0, 0.1) is 11.3 Å². The molecule has 0 aromatic heterocycles. The lowest BCUT2D eigenvalue weighted by atomic mass is 9.87. The molecular weight excluding hydrogens is 299 g/mol. The summed E-state index contributed by atoms with van der Waals surface area (Å²) < 4.78 is 0.0377. The normalized spacial score (nSPS) is 26.7. The van der Waals surface area contributed by atoms with E-state index >= 15 is 0 Å². The van der Waals surface area contributed by atoms with Crippen molar-refractivity contribution in [3.63, 3.8) is 0 Å². The van der Waals surface area contributed by atoms with Crippen LogP contribution in [0.3, 0.4) is 0 Å². The van der Waals surface area contributed by atoms with Crippen molar-refractivity contribution < 1.29 is 14.7 Å². The Hall–Kier alpha value is -1.32. The molecule has 3 nitrogen and oxygen atoms in total. The van der Waals surface area contributed by atoms with E-state index in [9.17, 15) is 14.7 Å². The fraction of sp³-hybridized carbons (Fsp3) is 0.333. The lowest BCUT2D eigenvalue weighted by molar-refractivity contribution is -0.311. The van der Waals surface area contributed by atoms with Gasteiger partial charge in [0, 0.05) is 16.9 Å². The van der Waals surface area contributed by atoms with Gasteiger partial charge < -0.3 is 9.90 Å². The molecule has 1 aromatic rings. The monoisotopic (exact) mass is 311 g/mol. The standard InChI is InChI=1S/C15H14Cl2O3/c1-14(2)11(7-12(16)17)15(14,13(19)20)10-5-3-9(8-18)4-6-10/h3-8,11H,1-2H3,(H,19,20)/p-1. The number of carboxylic acids is 1. The highest BCUT2D eigenvalue weighted by molar-refractivity contribution is 6.55. The van der Waals surface area contributed by atoms with Crippen LogP contribution < -0.4 is 5.11 Å². The van der Waals surface area contributed by atoms with Gasteiger partial charge in [0.05, 0.1) is 5.97 Å². The smallest absolute Gasteiger partial charge is 0.150 e. The molecule has 2 atom stereocenters. The van der Waals surface area contributed by atoms with Gasteiger partial charge in [-0.3, -0.25) is 4.79 Å². The van der Waals surface area contributed by atoms with Gasteiger partial charge in [0.1, 0.15) is 10.8 Å². The van der Waals surface area contributed by atoms with Crippen molar-refractivity contribution in [2.24, 2.45) is 11.3 Å². The molecule has 0 aliphatic heterocycles. The van der Waals surface area contributed by atoms with Gasteiger partial charge in [0.25, 0.3) is 0 Å². The fourth-order valence-corrected chi connectivity index (χ4v) is 3.40.